The second-order valence-corrected chi connectivity index (χ2v) is 6.12. The van der Waals surface area contributed by atoms with Crippen LogP contribution in [0.5, 0.6) is 11.9 Å². The number of methoxy groups -OCH3 is 1. The molecule has 6 heteroatoms. The van der Waals surface area contributed by atoms with E-state index in [0.29, 0.717) is 18.5 Å². The maximum absolute atomic E-state index is 5.99. The zero-order valence-electron chi connectivity index (χ0n) is 12.3. The van der Waals surface area contributed by atoms with Crippen molar-refractivity contribution in [2.45, 2.75) is 29.3 Å². The quantitative estimate of drug-likeness (QED) is 0.815. The van der Waals surface area contributed by atoms with Crippen molar-refractivity contribution in [3.8, 4) is 11.9 Å². The second kappa shape index (κ2) is 7.47. The van der Waals surface area contributed by atoms with Crippen molar-refractivity contribution in [3.05, 3.63) is 42.6 Å². The average molecular weight is 318 g/mol. The Kier molecular flexibility index (Phi) is 5.13. The number of benzene rings is 1. The number of hydrogen-bond acceptors (Lipinski definition) is 6. The zero-order valence-corrected chi connectivity index (χ0v) is 13.2. The Morgan fingerprint density at radius 2 is 2.09 bits per heavy atom. The molecule has 3 rings (SSSR count). The summed E-state index contributed by atoms with van der Waals surface area (Å²) >= 11 is 1.75. The van der Waals surface area contributed by atoms with E-state index in [4.69, 9.17) is 14.2 Å². The molecule has 0 radical (unpaired) electrons. The number of thioether (sulfide) groups is 1. The van der Waals surface area contributed by atoms with Crippen LogP contribution in [0.1, 0.15) is 12.8 Å². The van der Waals surface area contributed by atoms with Gasteiger partial charge in [-0.2, -0.15) is 4.98 Å². The first-order chi connectivity index (χ1) is 10.8. The highest BCUT2D eigenvalue weighted by molar-refractivity contribution is 7.99. The summed E-state index contributed by atoms with van der Waals surface area (Å²) in [6.45, 7) is 0.457. The fourth-order valence-corrected chi connectivity index (χ4v) is 3.29. The minimum absolute atomic E-state index is 0.0796. The van der Waals surface area contributed by atoms with Crippen LogP contribution in [0.4, 0.5) is 0 Å². The minimum atomic E-state index is 0.0796. The van der Waals surface area contributed by atoms with Gasteiger partial charge in [0.1, 0.15) is 12.0 Å². The number of rotatable bonds is 6. The van der Waals surface area contributed by atoms with Crippen LogP contribution < -0.4 is 9.47 Å². The minimum Gasteiger partial charge on any atom is -0.481 e. The van der Waals surface area contributed by atoms with Gasteiger partial charge in [-0.05, 0) is 25.0 Å². The molecule has 0 saturated carbocycles. The van der Waals surface area contributed by atoms with Crippen LogP contribution >= 0.6 is 11.8 Å². The topological polar surface area (TPSA) is 53.5 Å². The Morgan fingerprint density at radius 1 is 1.23 bits per heavy atom. The molecular weight excluding hydrogens is 300 g/mol. The van der Waals surface area contributed by atoms with Gasteiger partial charge < -0.3 is 14.2 Å². The van der Waals surface area contributed by atoms with Crippen LogP contribution in [0.15, 0.2) is 47.5 Å². The normalized spacial score (nSPS) is 20.8. The lowest BCUT2D eigenvalue weighted by Gasteiger charge is -2.13. The standard InChI is InChI=1S/C16H18N2O3S/c1-19-14-9-10-17-16(18-14)20-11-12-7-8-15(21-12)22-13-5-3-2-4-6-13/h2-6,9-10,12,15H,7-8,11H2,1H3/t12-,15?/m0/s1. The highest BCUT2D eigenvalue weighted by Gasteiger charge is 2.26. The van der Waals surface area contributed by atoms with Gasteiger partial charge in [0.25, 0.3) is 0 Å². The van der Waals surface area contributed by atoms with Crippen molar-refractivity contribution < 1.29 is 14.2 Å². The van der Waals surface area contributed by atoms with E-state index in [2.05, 4.69) is 22.1 Å². The molecule has 2 aromatic rings. The summed E-state index contributed by atoms with van der Waals surface area (Å²) in [4.78, 5) is 9.41. The summed E-state index contributed by atoms with van der Waals surface area (Å²) in [5, 5.41) is 0. The molecule has 1 fully saturated rings. The molecule has 2 heterocycles. The van der Waals surface area contributed by atoms with Crippen LogP contribution in [0.3, 0.4) is 0 Å². The summed E-state index contributed by atoms with van der Waals surface area (Å²) in [5.74, 6) is 0.495. The molecule has 0 bridgehead atoms. The summed E-state index contributed by atoms with van der Waals surface area (Å²) in [6, 6.07) is 12.3. The SMILES string of the molecule is COc1ccnc(OC[C@@H]2CCC(Sc3ccccc3)O2)n1. The second-order valence-electron chi connectivity index (χ2n) is 4.89. The van der Waals surface area contributed by atoms with E-state index in [9.17, 15) is 0 Å². The lowest BCUT2D eigenvalue weighted by molar-refractivity contribution is 0.0511. The number of aromatic nitrogens is 2. The van der Waals surface area contributed by atoms with Gasteiger partial charge in [0.2, 0.25) is 5.88 Å². The van der Waals surface area contributed by atoms with Gasteiger partial charge in [0.15, 0.2) is 0 Å². The van der Waals surface area contributed by atoms with Gasteiger partial charge in [-0.15, -0.1) is 0 Å². The Hall–Kier alpha value is -1.79. The first-order valence-corrected chi connectivity index (χ1v) is 8.08. The van der Waals surface area contributed by atoms with Gasteiger partial charge in [-0.25, -0.2) is 4.98 Å². The predicted molar refractivity (Wildman–Crippen MR) is 84.3 cm³/mol. The van der Waals surface area contributed by atoms with E-state index in [1.807, 2.05) is 18.2 Å². The van der Waals surface area contributed by atoms with E-state index in [0.717, 1.165) is 12.8 Å². The molecule has 22 heavy (non-hydrogen) atoms. The molecule has 116 valence electrons. The van der Waals surface area contributed by atoms with E-state index >= 15 is 0 Å². The third-order valence-electron chi connectivity index (χ3n) is 3.29. The molecule has 5 nitrogen and oxygen atoms in total. The van der Waals surface area contributed by atoms with Crippen LogP contribution in [0.25, 0.3) is 0 Å². The van der Waals surface area contributed by atoms with Crippen molar-refractivity contribution >= 4 is 11.8 Å². The van der Waals surface area contributed by atoms with Gasteiger partial charge in [-0.3, -0.25) is 0 Å². The fourth-order valence-electron chi connectivity index (χ4n) is 2.21. The van der Waals surface area contributed by atoms with E-state index < -0.39 is 0 Å². The van der Waals surface area contributed by atoms with Crippen LogP contribution in [0.2, 0.25) is 0 Å². The molecule has 1 saturated heterocycles. The Bertz CT molecular complexity index is 597. The fraction of sp³-hybridized carbons (Fsp3) is 0.375. The molecule has 1 unspecified atom stereocenters. The predicted octanol–water partition coefficient (Wildman–Crippen LogP) is 3.16. The van der Waals surface area contributed by atoms with Crippen LogP contribution in [0, 0.1) is 0 Å². The zero-order chi connectivity index (χ0) is 15.2. The maximum Gasteiger partial charge on any atom is 0.319 e. The first kappa shape index (κ1) is 15.1. The van der Waals surface area contributed by atoms with Crippen LogP contribution in [-0.4, -0.2) is 35.2 Å². The largest absolute Gasteiger partial charge is 0.481 e. The Morgan fingerprint density at radius 3 is 2.91 bits per heavy atom. The summed E-state index contributed by atoms with van der Waals surface area (Å²) < 4.78 is 16.6. The third-order valence-corrected chi connectivity index (χ3v) is 4.45. The maximum atomic E-state index is 5.99. The molecule has 0 N–H and O–H groups in total. The summed E-state index contributed by atoms with van der Waals surface area (Å²) in [7, 11) is 1.57. The van der Waals surface area contributed by atoms with E-state index in [-0.39, 0.29) is 11.5 Å². The molecule has 2 atom stereocenters. The third kappa shape index (κ3) is 4.11. The van der Waals surface area contributed by atoms with Gasteiger partial charge >= 0.3 is 6.01 Å². The number of hydrogen-bond donors (Lipinski definition) is 0. The van der Waals surface area contributed by atoms with E-state index in [1.165, 1.54) is 4.90 Å². The van der Waals surface area contributed by atoms with Gasteiger partial charge in [-0.1, -0.05) is 30.0 Å². The monoisotopic (exact) mass is 318 g/mol. The number of ether oxygens (including phenoxy) is 3. The van der Waals surface area contributed by atoms with Gasteiger partial charge in [0.05, 0.1) is 13.2 Å². The molecule has 1 aliphatic rings. The van der Waals surface area contributed by atoms with Gasteiger partial charge in [0, 0.05) is 17.2 Å². The highest BCUT2D eigenvalue weighted by atomic mass is 32.2. The van der Waals surface area contributed by atoms with E-state index in [1.54, 1.807) is 31.1 Å². The van der Waals surface area contributed by atoms with Crippen molar-refractivity contribution in [2.24, 2.45) is 0 Å². The Balaban J connectivity index is 1.46. The molecule has 1 aliphatic heterocycles. The molecule has 1 aromatic carbocycles. The summed E-state index contributed by atoms with van der Waals surface area (Å²) in [5.41, 5.74) is 0.183. The average Bonchev–Trinajstić information content (AvgIpc) is 3.01. The molecule has 0 aliphatic carbocycles. The summed E-state index contributed by atoms with van der Waals surface area (Å²) in [6.07, 6.45) is 3.70. The first-order valence-electron chi connectivity index (χ1n) is 7.20. The van der Waals surface area contributed by atoms with Crippen molar-refractivity contribution in [2.75, 3.05) is 13.7 Å². The smallest absolute Gasteiger partial charge is 0.319 e. The molecule has 0 spiro atoms. The van der Waals surface area contributed by atoms with Crippen molar-refractivity contribution in [1.29, 1.82) is 0 Å². The molecule has 1 aromatic heterocycles. The highest BCUT2D eigenvalue weighted by Crippen LogP contribution is 2.33. The van der Waals surface area contributed by atoms with Crippen molar-refractivity contribution in [1.82, 2.24) is 9.97 Å². The molecule has 0 amide bonds. The molecular formula is C16H18N2O3S. The lowest BCUT2D eigenvalue weighted by atomic mass is 10.2. The van der Waals surface area contributed by atoms with Crippen molar-refractivity contribution in [3.63, 3.8) is 0 Å². The Labute approximate surface area is 134 Å². The number of nitrogens with zero attached hydrogens (tertiary/aromatic N) is 2. The van der Waals surface area contributed by atoms with Crippen LogP contribution in [-0.2, 0) is 4.74 Å². The lowest BCUT2D eigenvalue weighted by Crippen LogP contribution is -2.18.